The molecule has 34 heavy (non-hydrogen) atoms. The lowest BCUT2D eigenvalue weighted by Crippen LogP contribution is -2.27. The zero-order chi connectivity index (χ0) is 23.8. The molecule has 8 nitrogen and oxygen atoms in total. The Morgan fingerprint density at radius 2 is 1.97 bits per heavy atom. The molecular formula is C24H18FN5O3S. The van der Waals surface area contributed by atoms with E-state index in [4.69, 9.17) is 4.52 Å². The monoisotopic (exact) mass is 475 g/mol. The highest BCUT2D eigenvalue weighted by molar-refractivity contribution is 7.22. The van der Waals surface area contributed by atoms with Crippen LogP contribution in [0.5, 0.6) is 0 Å². The van der Waals surface area contributed by atoms with Gasteiger partial charge in [0.15, 0.2) is 0 Å². The maximum atomic E-state index is 13.2. The van der Waals surface area contributed by atoms with Gasteiger partial charge in [-0.3, -0.25) is 14.2 Å². The van der Waals surface area contributed by atoms with Crippen LogP contribution in [-0.2, 0) is 11.3 Å². The second kappa shape index (κ2) is 8.64. The minimum atomic E-state index is -0.359. The Morgan fingerprint density at radius 3 is 2.74 bits per heavy atom. The first-order valence-electron chi connectivity index (χ1n) is 10.3. The van der Waals surface area contributed by atoms with Gasteiger partial charge in [0.25, 0.3) is 11.4 Å². The number of fused-ring (bicyclic) bond motifs is 1. The Hall–Kier alpha value is -4.18. The van der Waals surface area contributed by atoms with Crippen molar-refractivity contribution >= 4 is 33.1 Å². The number of nitrogens with one attached hydrogen (secondary N) is 1. The average Bonchev–Trinajstić information content (AvgIpc) is 3.41. The largest absolute Gasteiger partial charge is 0.333 e. The lowest BCUT2D eigenvalue weighted by atomic mass is 10.2. The third kappa shape index (κ3) is 4.11. The minimum absolute atomic E-state index is 0.171. The Kier molecular flexibility index (Phi) is 5.50. The molecule has 0 aliphatic heterocycles. The van der Waals surface area contributed by atoms with Crippen LogP contribution in [0, 0.1) is 19.7 Å². The van der Waals surface area contributed by atoms with E-state index in [0.29, 0.717) is 37.7 Å². The number of amides is 1. The summed E-state index contributed by atoms with van der Waals surface area (Å²) in [6.07, 6.45) is 1.36. The molecule has 1 N–H and O–H groups in total. The predicted octanol–water partition coefficient (Wildman–Crippen LogP) is 4.57. The van der Waals surface area contributed by atoms with Gasteiger partial charge in [-0.25, -0.2) is 9.37 Å². The highest BCUT2D eigenvalue weighted by Crippen LogP contribution is 2.35. The van der Waals surface area contributed by atoms with Gasteiger partial charge in [-0.1, -0.05) is 17.3 Å². The SMILES string of the molecule is Cc1cccc(NC(=O)Cn2cnc3sc(-c4nc(-c5ccc(F)cc5)no4)c(C)c3c2=O)c1. The van der Waals surface area contributed by atoms with E-state index >= 15 is 0 Å². The number of carbonyl (C=O) groups excluding carboxylic acids is 1. The van der Waals surface area contributed by atoms with Gasteiger partial charge in [0, 0.05) is 11.3 Å². The topological polar surface area (TPSA) is 103 Å². The fourth-order valence-electron chi connectivity index (χ4n) is 3.59. The van der Waals surface area contributed by atoms with Crippen LogP contribution >= 0.6 is 11.3 Å². The van der Waals surface area contributed by atoms with Crippen LogP contribution in [0.3, 0.4) is 0 Å². The van der Waals surface area contributed by atoms with Crippen LogP contribution in [0.2, 0.25) is 0 Å². The maximum absolute atomic E-state index is 13.2. The number of aryl methyl sites for hydroxylation is 2. The molecule has 0 spiro atoms. The Morgan fingerprint density at radius 1 is 1.18 bits per heavy atom. The summed E-state index contributed by atoms with van der Waals surface area (Å²) in [6.45, 7) is 3.53. The van der Waals surface area contributed by atoms with Gasteiger partial charge in [-0.05, 0) is 61.4 Å². The highest BCUT2D eigenvalue weighted by Gasteiger charge is 2.21. The zero-order valence-corrected chi connectivity index (χ0v) is 19.0. The zero-order valence-electron chi connectivity index (χ0n) is 18.2. The summed E-state index contributed by atoms with van der Waals surface area (Å²) < 4.78 is 19.9. The second-order valence-electron chi connectivity index (χ2n) is 7.76. The third-order valence-corrected chi connectivity index (χ3v) is 6.44. The molecule has 2 aromatic carbocycles. The molecule has 5 aromatic rings. The summed E-state index contributed by atoms with van der Waals surface area (Å²) in [5.74, 6) is -0.140. The quantitative estimate of drug-likeness (QED) is 0.399. The first-order chi connectivity index (χ1) is 16.4. The van der Waals surface area contributed by atoms with Crippen molar-refractivity contribution in [1.29, 1.82) is 0 Å². The van der Waals surface area contributed by atoms with Crippen molar-refractivity contribution in [2.24, 2.45) is 0 Å². The molecule has 0 aliphatic rings. The molecule has 1 amide bonds. The fraction of sp³-hybridized carbons (Fsp3) is 0.125. The van der Waals surface area contributed by atoms with Gasteiger partial charge in [0.2, 0.25) is 11.7 Å². The van der Waals surface area contributed by atoms with Crippen molar-refractivity contribution < 1.29 is 13.7 Å². The van der Waals surface area contributed by atoms with Crippen LogP contribution in [0.4, 0.5) is 10.1 Å². The van der Waals surface area contributed by atoms with E-state index in [1.165, 1.54) is 34.4 Å². The number of benzene rings is 2. The molecular weight excluding hydrogens is 457 g/mol. The molecule has 3 aromatic heterocycles. The molecule has 3 heterocycles. The normalized spacial score (nSPS) is 11.1. The lowest BCUT2D eigenvalue weighted by Gasteiger charge is -2.08. The first kappa shape index (κ1) is 21.7. The number of thiophene rings is 1. The molecule has 0 saturated heterocycles. The summed E-state index contributed by atoms with van der Waals surface area (Å²) in [5.41, 5.74) is 2.59. The summed E-state index contributed by atoms with van der Waals surface area (Å²) >= 11 is 1.25. The average molecular weight is 476 g/mol. The number of hydrogen-bond acceptors (Lipinski definition) is 7. The summed E-state index contributed by atoms with van der Waals surface area (Å²) in [4.78, 5) is 35.5. The number of aromatic nitrogens is 4. The third-order valence-electron chi connectivity index (χ3n) is 5.26. The van der Waals surface area contributed by atoms with Crippen LogP contribution < -0.4 is 10.9 Å². The van der Waals surface area contributed by atoms with E-state index in [0.717, 1.165) is 5.56 Å². The van der Waals surface area contributed by atoms with Crippen LogP contribution in [0.15, 0.2) is 64.2 Å². The second-order valence-corrected chi connectivity index (χ2v) is 8.76. The van der Waals surface area contributed by atoms with Crippen molar-refractivity contribution in [2.75, 3.05) is 5.32 Å². The molecule has 0 aliphatic carbocycles. The molecule has 0 bridgehead atoms. The van der Waals surface area contributed by atoms with Gasteiger partial charge in [0.05, 0.1) is 16.6 Å². The molecule has 0 atom stereocenters. The molecule has 10 heteroatoms. The molecule has 0 radical (unpaired) electrons. The van der Waals surface area contributed by atoms with E-state index in [9.17, 15) is 14.0 Å². The van der Waals surface area contributed by atoms with Crippen LogP contribution in [0.25, 0.3) is 32.4 Å². The lowest BCUT2D eigenvalue weighted by molar-refractivity contribution is -0.116. The van der Waals surface area contributed by atoms with E-state index in [-0.39, 0.29) is 29.7 Å². The van der Waals surface area contributed by atoms with Crippen LogP contribution in [-0.4, -0.2) is 25.6 Å². The van der Waals surface area contributed by atoms with Gasteiger partial charge in [-0.2, -0.15) is 4.98 Å². The standard InChI is InChI=1S/C24H18FN5O3S/c1-13-4-3-5-17(10-13)27-18(31)11-30-12-26-23-19(24(30)32)14(2)20(34-23)22-28-21(29-33-22)15-6-8-16(25)9-7-15/h3-10,12H,11H2,1-2H3,(H,27,31). The summed E-state index contributed by atoms with van der Waals surface area (Å²) in [5, 5.41) is 7.16. The van der Waals surface area contributed by atoms with Gasteiger partial charge in [-0.15, -0.1) is 11.3 Å². The number of nitrogens with zero attached hydrogens (tertiary/aromatic N) is 4. The summed E-state index contributed by atoms with van der Waals surface area (Å²) in [7, 11) is 0. The van der Waals surface area contributed by atoms with Crippen molar-refractivity contribution in [3.05, 3.63) is 82.2 Å². The molecule has 0 fully saturated rings. The number of carbonyl (C=O) groups is 1. The minimum Gasteiger partial charge on any atom is -0.333 e. The predicted molar refractivity (Wildman–Crippen MR) is 127 cm³/mol. The van der Waals surface area contributed by atoms with Crippen molar-refractivity contribution in [2.45, 2.75) is 20.4 Å². The van der Waals surface area contributed by atoms with Crippen molar-refractivity contribution in [1.82, 2.24) is 19.7 Å². The van der Waals surface area contributed by atoms with E-state index in [1.54, 1.807) is 25.1 Å². The Labute approximate surface area is 196 Å². The Bertz CT molecular complexity index is 1590. The van der Waals surface area contributed by atoms with E-state index in [1.807, 2.05) is 25.1 Å². The fourth-order valence-corrected chi connectivity index (χ4v) is 4.65. The number of hydrogen-bond donors (Lipinski definition) is 1. The number of rotatable bonds is 5. The van der Waals surface area contributed by atoms with Gasteiger partial charge in [0.1, 0.15) is 17.2 Å². The summed E-state index contributed by atoms with van der Waals surface area (Å²) in [6, 6.07) is 13.2. The van der Waals surface area contributed by atoms with Crippen molar-refractivity contribution in [3.63, 3.8) is 0 Å². The highest BCUT2D eigenvalue weighted by atomic mass is 32.1. The van der Waals surface area contributed by atoms with E-state index < -0.39 is 0 Å². The van der Waals surface area contributed by atoms with E-state index in [2.05, 4.69) is 20.4 Å². The molecule has 170 valence electrons. The number of anilines is 1. The molecule has 5 rings (SSSR count). The Balaban J connectivity index is 1.44. The van der Waals surface area contributed by atoms with Crippen molar-refractivity contribution in [3.8, 4) is 22.2 Å². The van der Waals surface area contributed by atoms with Gasteiger partial charge < -0.3 is 9.84 Å². The first-order valence-corrected chi connectivity index (χ1v) is 11.2. The number of halogens is 1. The smallest absolute Gasteiger partial charge is 0.268 e. The van der Waals surface area contributed by atoms with Crippen LogP contribution in [0.1, 0.15) is 11.1 Å². The molecule has 0 unspecified atom stereocenters. The molecule has 0 saturated carbocycles. The maximum Gasteiger partial charge on any atom is 0.268 e. The van der Waals surface area contributed by atoms with Gasteiger partial charge >= 0.3 is 0 Å².